The Morgan fingerprint density at radius 1 is 0.800 bits per heavy atom. The lowest BCUT2D eigenvalue weighted by atomic mass is 10.1. The largest absolute Gasteiger partial charge is 0.340 e. The normalized spacial score (nSPS) is 10.6. The molecule has 0 aliphatic rings. The first kappa shape index (κ1) is 20.0. The summed E-state index contributed by atoms with van der Waals surface area (Å²) in [6, 6.07) is 23.6. The molecule has 0 bridgehead atoms. The fourth-order valence-electron chi connectivity index (χ4n) is 2.87. The molecule has 0 aliphatic carbocycles. The number of rotatable bonds is 5. The molecule has 0 saturated heterocycles. The van der Waals surface area contributed by atoms with Crippen LogP contribution in [0.25, 0.3) is 0 Å². The highest BCUT2D eigenvalue weighted by atomic mass is 35.5. The van der Waals surface area contributed by atoms with Gasteiger partial charge in [-0.15, -0.1) is 5.10 Å². The number of aryl methyl sites for hydroxylation is 1. The fraction of sp³-hybridized carbons (Fsp3) is 0.0435. The Morgan fingerprint density at radius 2 is 1.33 bits per heavy atom. The van der Waals surface area contributed by atoms with E-state index in [2.05, 4.69) is 15.7 Å². The Balaban J connectivity index is 1.68. The number of benzene rings is 3. The zero-order valence-electron chi connectivity index (χ0n) is 16.1. The first-order valence-corrected chi connectivity index (χ1v) is 10.0. The van der Waals surface area contributed by atoms with Gasteiger partial charge in [-0.25, -0.2) is 0 Å². The van der Waals surface area contributed by atoms with E-state index in [1.54, 1.807) is 42.5 Å². The summed E-state index contributed by atoms with van der Waals surface area (Å²) in [6.45, 7) is 1.98. The van der Waals surface area contributed by atoms with Crippen LogP contribution in [0.5, 0.6) is 0 Å². The second-order valence-electron chi connectivity index (χ2n) is 6.76. The molecule has 0 radical (unpaired) electrons. The van der Waals surface area contributed by atoms with Gasteiger partial charge in [0.25, 0.3) is 5.91 Å². The molecule has 0 fully saturated rings. The number of nitrogens with one attached hydrogen (secondary N) is 2. The minimum atomic E-state index is -0.240. The Kier molecular flexibility index (Phi) is 5.74. The molecular formula is C23H18Cl2N4O. The molecule has 5 nitrogen and oxygen atoms in total. The lowest BCUT2D eigenvalue weighted by Crippen LogP contribution is -2.16. The number of anilines is 4. The number of hydrogen-bond acceptors (Lipinski definition) is 4. The molecular weight excluding hydrogens is 419 g/mol. The maximum absolute atomic E-state index is 13.1. The van der Waals surface area contributed by atoms with Crippen LogP contribution in [0, 0.1) is 6.92 Å². The zero-order chi connectivity index (χ0) is 21.1. The molecule has 0 spiro atoms. The van der Waals surface area contributed by atoms with Crippen LogP contribution in [0.3, 0.4) is 0 Å². The summed E-state index contributed by atoms with van der Waals surface area (Å²) in [5.41, 5.74) is 3.22. The Hall–Kier alpha value is -3.28. The van der Waals surface area contributed by atoms with Crippen LogP contribution in [0.2, 0.25) is 10.0 Å². The molecule has 30 heavy (non-hydrogen) atoms. The van der Waals surface area contributed by atoms with Gasteiger partial charge in [-0.1, -0.05) is 40.9 Å². The number of carbonyl (C=O) groups is 1. The number of hydrogen-bond donors (Lipinski definition) is 2. The van der Waals surface area contributed by atoms with Crippen molar-refractivity contribution in [1.29, 1.82) is 0 Å². The van der Waals surface area contributed by atoms with E-state index in [4.69, 9.17) is 23.2 Å². The van der Waals surface area contributed by atoms with Crippen molar-refractivity contribution >= 4 is 52.1 Å². The monoisotopic (exact) mass is 436 g/mol. The summed E-state index contributed by atoms with van der Waals surface area (Å²) in [5.74, 6) is 0.809. The number of aromatic nitrogens is 2. The Labute approximate surface area is 184 Å². The lowest BCUT2D eigenvalue weighted by molar-refractivity contribution is 0.0948. The van der Waals surface area contributed by atoms with Gasteiger partial charge in [0.1, 0.15) is 5.82 Å². The predicted octanol–water partition coefficient (Wildman–Crippen LogP) is 6.67. The van der Waals surface area contributed by atoms with Crippen LogP contribution in [0.1, 0.15) is 15.9 Å². The molecule has 0 saturated carbocycles. The van der Waals surface area contributed by atoms with E-state index in [1.165, 1.54) is 4.68 Å². The predicted molar refractivity (Wildman–Crippen MR) is 123 cm³/mol. The molecule has 1 heterocycles. The van der Waals surface area contributed by atoms with Gasteiger partial charge in [-0.2, -0.15) is 4.68 Å². The molecule has 0 atom stereocenters. The first-order chi connectivity index (χ1) is 14.5. The van der Waals surface area contributed by atoms with Crippen LogP contribution in [-0.4, -0.2) is 15.7 Å². The van der Waals surface area contributed by atoms with Crippen molar-refractivity contribution in [3.63, 3.8) is 0 Å². The smallest absolute Gasteiger partial charge is 0.280 e. The second-order valence-corrected chi connectivity index (χ2v) is 7.63. The van der Waals surface area contributed by atoms with Crippen molar-refractivity contribution in [2.45, 2.75) is 6.92 Å². The average Bonchev–Trinajstić information content (AvgIpc) is 3.13. The first-order valence-electron chi connectivity index (χ1n) is 9.24. The third kappa shape index (κ3) is 4.64. The van der Waals surface area contributed by atoms with Crippen molar-refractivity contribution in [2.75, 3.05) is 10.6 Å². The highest BCUT2D eigenvalue weighted by molar-refractivity contribution is 6.30. The number of nitrogens with zero attached hydrogens (tertiary/aromatic N) is 2. The molecule has 4 aromatic rings. The summed E-state index contributed by atoms with van der Waals surface area (Å²) in [4.78, 5) is 13.1. The highest BCUT2D eigenvalue weighted by Gasteiger charge is 2.17. The molecule has 4 rings (SSSR count). The third-order valence-electron chi connectivity index (χ3n) is 4.43. The number of halogens is 2. The third-order valence-corrected chi connectivity index (χ3v) is 4.94. The maximum Gasteiger partial charge on any atom is 0.280 e. The summed E-state index contributed by atoms with van der Waals surface area (Å²) in [6.07, 6.45) is 0. The van der Waals surface area contributed by atoms with Gasteiger partial charge < -0.3 is 10.6 Å². The van der Waals surface area contributed by atoms with Gasteiger partial charge in [0.2, 0.25) is 0 Å². The fourth-order valence-corrected chi connectivity index (χ4v) is 3.12. The van der Waals surface area contributed by atoms with Crippen LogP contribution in [-0.2, 0) is 0 Å². The van der Waals surface area contributed by atoms with Gasteiger partial charge in [0.15, 0.2) is 5.82 Å². The minimum Gasteiger partial charge on any atom is -0.340 e. The molecule has 2 N–H and O–H groups in total. The van der Waals surface area contributed by atoms with Crippen LogP contribution >= 0.6 is 23.2 Å². The standard InChI is InChI=1S/C23H18Cl2N4O/c1-15-2-4-16(5-3-15)23(30)29-22(27-20-12-8-18(25)9-13-20)14-21(28-29)26-19-10-6-17(24)7-11-19/h2-14,27H,1H3,(H,26,28). The zero-order valence-corrected chi connectivity index (χ0v) is 17.6. The van der Waals surface area contributed by atoms with Crippen LogP contribution in [0.4, 0.5) is 23.0 Å². The Morgan fingerprint density at radius 3 is 1.90 bits per heavy atom. The molecule has 3 aromatic carbocycles. The van der Waals surface area contributed by atoms with E-state index in [0.717, 1.165) is 16.9 Å². The molecule has 7 heteroatoms. The van der Waals surface area contributed by atoms with Crippen LogP contribution in [0.15, 0.2) is 78.9 Å². The minimum absolute atomic E-state index is 0.240. The quantitative estimate of drug-likeness (QED) is 0.366. The van der Waals surface area contributed by atoms with Crippen molar-refractivity contribution in [2.24, 2.45) is 0 Å². The maximum atomic E-state index is 13.1. The molecule has 0 amide bonds. The van der Waals surface area contributed by atoms with Gasteiger partial charge >= 0.3 is 0 Å². The summed E-state index contributed by atoms with van der Waals surface area (Å²) in [7, 11) is 0. The summed E-state index contributed by atoms with van der Waals surface area (Å²) < 4.78 is 1.34. The molecule has 150 valence electrons. The topological polar surface area (TPSA) is 59.0 Å². The van der Waals surface area contributed by atoms with Crippen LogP contribution < -0.4 is 10.6 Å². The average molecular weight is 437 g/mol. The van der Waals surface area contributed by atoms with E-state index in [-0.39, 0.29) is 5.91 Å². The molecule has 0 unspecified atom stereocenters. The van der Waals surface area contributed by atoms with Gasteiger partial charge in [-0.3, -0.25) is 4.79 Å². The Bertz CT molecular complexity index is 1170. The van der Waals surface area contributed by atoms with E-state index < -0.39 is 0 Å². The van der Waals surface area contributed by atoms with E-state index in [1.807, 2.05) is 43.3 Å². The van der Waals surface area contributed by atoms with Crippen molar-refractivity contribution in [1.82, 2.24) is 9.78 Å². The SMILES string of the molecule is Cc1ccc(C(=O)n2nc(Nc3ccc(Cl)cc3)cc2Nc2ccc(Cl)cc2)cc1. The van der Waals surface area contributed by atoms with Crippen molar-refractivity contribution < 1.29 is 4.79 Å². The number of carbonyl (C=O) groups excluding carboxylic acids is 1. The summed E-state index contributed by atoms with van der Waals surface area (Å²) in [5, 5.41) is 12.2. The molecule has 0 aliphatic heterocycles. The van der Waals surface area contributed by atoms with Crippen molar-refractivity contribution in [3.05, 3.63) is 100 Å². The van der Waals surface area contributed by atoms with Gasteiger partial charge in [-0.05, 0) is 67.6 Å². The lowest BCUT2D eigenvalue weighted by Gasteiger charge is -2.09. The second kappa shape index (κ2) is 8.61. The van der Waals surface area contributed by atoms with Gasteiger partial charge in [0, 0.05) is 33.0 Å². The van der Waals surface area contributed by atoms with E-state index in [9.17, 15) is 4.79 Å². The van der Waals surface area contributed by atoms with Crippen molar-refractivity contribution in [3.8, 4) is 0 Å². The highest BCUT2D eigenvalue weighted by Crippen LogP contribution is 2.25. The molecule has 1 aromatic heterocycles. The van der Waals surface area contributed by atoms with E-state index in [0.29, 0.717) is 27.2 Å². The van der Waals surface area contributed by atoms with E-state index >= 15 is 0 Å². The van der Waals surface area contributed by atoms with Gasteiger partial charge in [0.05, 0.1) is 0 Å². The summed E-state index contributed by atoms with van der Waals surface area (Å²) >= 11 is 11.9.